The van der Waals surface area contributed by atoms with Gasteiger partial charge in [-0.25, -0.2) is 14.4 Å². The molecule has 0 aliphatic carbocycles. The fourth-order valence-corrected chi connectivity index (χ4v) is 5.41. The zero-order valence-corrected chi connectivity index (χ0v) is 20.0. The molecule has 6 nitrogen and oxygen atoms in total. The second kappa shape index (κ2) is 8.87. The Hall–Kier alpha value is -4.49. The monoisotopic (exact) mass is 494 g/mol. The van der Waals surface area contributed by atoms with Crippen molar-refractivity contribution in [2.24, 2.45) is 0 Å². The van der Waals surface area contributed by atoms with Crippen molar-refractivity contribution in [1.29, 1.82) is 0 Å². The zero-order valence-electron chi connectivity index (χ0n) is 20.0. The highest BCUT2D eigenvalue weighted by atomic mass is 19.1. The van der Waals surface area contributed by atoms with Gasteiger partial charge in [-0.3, -0.25) is 14.4 Å². The molecule has 2 amide bonds. The summed E-state index contributed by atoms with van der Waals surface area (Å²) in [5.41, 5.74) is 1.03. The molecule has 0 aromatic heterocycles. The van der Waals surface area contributed by atoms with E-state index >= 15 is 0 Å². The van der Waals surface area contributed by atoms with Crippen LogP contribution in [0.1, 0.15) is 17.2 Å². The second-order valence-corrected chi connectivity index (χ2v) is 9.01. The molecule has 3 atom stereocenters. The largest absolute Gasteiger partial charge is 0.497 e. The Morgan fingerprint density at radius 1 is 0.784 bits per heavy atom. The molecule has 184 valence electrons. The Balaban J connectivity index is 1.60. The number of amides is 2. The van der Waals surface area contributed by atoms with E-state index in [1.807, 2.05) is 84.9 Å². The molecule has 4 aromatic rings. The SMILES string of the molecule is COc1ccc([C@@H]2N(c3ccccc3)O[C@@H]3C(=O)N(c4ccc(F)cc4)C(=O)[C@]32c2ccccc2)cc1. The molecule has 6 rings (SSSR count). The number of benzene rings is 4. The van der Waals surface area contributed by atoms with Gasteiger partial charge in [0.05, 0.1) is 18.5 Å². The maximum atomic E-state index is 14.6. The predicted molar refractivity (Wildman–Crippen MR) is 137 cm³/mol. The van der Waals surface area contributed by atoms with Gasteiger partial charge >= 0.3 is 0 Å². The third-order valence-corrected chi connectivity index (χ3v) is 7.08. The van der Waals surface area contributed by atoms with Gasteiger partial charge in [0, 0.05) is 0 Å². The van der Waals surface area contributed by atoms with Crippen LogP contribution in [0.4, 0.5) is 15.8 Å². The quantitative estimate of drug-likeness (QED) is 0.357. The van der Waals surface area contributed by atoms with Crippen molar-refractivity contribution in [3.63, 3.8) is 0 Å². The number of ether oxygens (including phenoxy) is 1. The normalized spacial score (nSPS) is 22.9. The Kier molecular flexibility index (Phi) is 5.50. The Morgan fingerprint density at radius 3 is 2.03 bits per heavy atom. The molecule has 0 saturated carbocycles. The summed E-state index contributed by atoms with van der Waals surface area (Å²) >= 11 is 0. The number of para-hydroxylation sites is 1. The fourth-order valence-electron chi connectivity index (χ4n) is 5.41. The summed E-state index contributed by atoms with van der Waals surface area (Å²) < 4.78 is 19.1. The number of fused-ring (bicyclic) bond motifs is 1. The molecule has 4 aromatic carbocycles. The molecular formula is C30H23FN2O4. The van der Waals surface area contributed by atoms with Gasteiger partial charge in [0.15, 0.2) is 6.10 Å². The topological polar surface area (TPSA) is 59.1 Å². The van der Waals surface area contributed by atoms with Crippen molar-refractivity contribution < 1.29 is 23.6 Å². The molecule has 2 heterocycles. The Morgan fingerprint density at radius 2 is 1.41 bits per heavy atom. The molecule has 2 aliphatic heterocycles. The van der Waals surface area contributed by atoms with E-state index < -0.39 is 35.2 Å². The summed E-state index contributed by atoms with van der Waals surface area (Å²) in [7, 11) is 1.59. The molecule has 2 aliphatic rings. The van der Waals surface area contributed by atoms with Crippen LogP contribution in [0.25, 0.3) is 0 Å². The first-order chi connectivity index (χ1) is 18.1. The third kappa shape index (κ3) is 3.42. The minimum Gasteiger partial charge on any atom is -0.497 e. The summed E-state index contributed by atoms with van der Waals surface area (Å²) in [5, 5.41) is 1.66. The molecular weight excluding hydrogens is 471 g/mol. The highest BCUT2D eigenvalue weighted by molar-refractivity contribution is 6.28. The molecule has 2 fully saturated rings. The fraction of sp³-hybridized carbons (Fsp3) is 0.133. The van der Waals surface area contributed by atoms with E-state index in [1.165, 1.54) is 24.3 Å². The van der Waals surface area contributed by atoms with Crippen molar-refractivity contribution in [1.82, 2.24) is 0 Å². The van der Waals surface area contributed by atoms with E-state index in [0.717, 1.165) is 10.5 Å². The average Bonchev–Trinajstić information content (AvgIpc) is 3.41. The van der Waals surface area contributed by atoms with Gasteiger partial charge in [-0.1, -0.05) is 60.7 Å². The lowest BCUT2D eigenvalue weighted by Crippen LogP contribution is -2.46. The van der Waals surface area contributed by atoms with Crippen LogP contribution in [0.2, 0.25) is 0 Å². The number of carbonyl (C=O) groups excluding carboxylic acids is 2. The highest BCUT2D eigenvalue weighted by Gasteiger charge is 2.72. The number of carbonyl (C=O) groups is 2. The van der Waals surface area contributed by atoms with E-state index in [4.69, 9.17) is 9.57 Å². The summed E-state index contributed by atoms with van der Waals surface area (Å²) in [6, 6.07) is 30.7. The first-order valence-electron chi connectivity index (χ1n) is 11.9. The highest BCUT2D eigenvalue weighted by Crippen LogP contribution is 2.57. The number of methoxy groups -OCH3 is 1. The minimum atomic E-state index is -1.41. The van der Waals surface area contributed by atoms with Crippen LogP contribution in [0.15, 0.2) is 109 Å². The number of rotatable bonds is 5. The van der Waals surface area contributed by atoms with Crippen LogP contribution >= 0.6 is 0 Å². The predicted octanol–water partition coefficient (Wildman–Crippen LogP) is 5.21. The zero-order chi connectivity index (χ0) is 25.6. The van der Waals surface area contributed by atoms with E-state index in [-0.39, 0.29) is 0 Å². The van der Waals surface area contributed by atoms with Crippen molar-refractivity contribution >= 4 is 23.2 Å². The molecule has 7 heteroatoms. The molecule has 0 spiro atoms. The smallest absolute Gasteiger partial charge is 0.267 e. The maximum Gasteiger partial charge on any atom is 0.267 e. The number of nitrogens with zero attached hydrogens (tertiary/aromatic N) is 2. The maximum absolute atomic E-state index is 14.6. The van der Waals surface area contributed by atoms with Gasteiger partial charge in [-0.05, 0) is 59.7 Å². The van der Waals surface area contributed by atoms with Crippen molar-refractivity contribution in [3.8, 4) is 5.75 Å². The summed E-state index contributed by atoms with van der Waals surface area (Å²) in [4.78, 5) is 36.1. The molecule has 0 unspecified atom stereocenters. The lowest BCUT2D eigenvalue weighted by molar-refractivity contribution is -0.126. The van der Waals surface area contributed by atoms with Crippen LogP contribution < -0.4 is 14.7 Å². The van der Waals surface area contributed by atoms with Gasteiger partial charge in [-0.15, -0.1) is 0 Å². The standard InChI is InChI=1S/C30H23FN2O4/c1-36-25-18-12-20(13-19-25)26-30(21-8-4-2-5-9-21)27(37-33(26)24-10-6-3-7-11-24)28(34)32(29(30)35)23-16-14-22(31)15-17-23/h2-19,26-27H,1H3/t26-,27+,30-/m0/s1. The van der Waals surface area contributed by atoms with Gasteiger partial charge in [0.2, 0.25) is 5.91 Å². The molecule has 0 radical (unpaired) electrons. The lowest BCUT2D eigenvalue weighted by Gasteiger charge is -2.35. The van der Waals surface area contributed by atoms with Crippen molar-refractivity contribution in [2.45, 2.75) is 17.6 Å². The third-order valence-electron chi connectivity index (χ3n) is 7.08. The van der Waals surface area contributed by atoms with E-state index in [2.05, 4.69) is 0 Å². The van der Waals surface area contributed by atoms with Gasteiger partial charge in [0.1, 0.15) is 23.0 Å². The number of hydrogen-bond donors (Lipinski definition) is 0. The molecule has 37 heavy (non-hydrogen) atoms. The van der Waals surface area contributed by atoms with Crippen LogP contribution in [0.5, 0.6) is 5.75 Å². The first kappa shape index (κ1) is 22.9. The summed E-state index contributed by atoms with van der Waals surface area (Å²) in [5.74, 6) is -0.721. The average molecular weight is 495 g/mol. The van der Waals surface area contributed by atoms with Gasteiger partial charge in [0.25, 0.3) is 5.91 Å². The number of hydrogen-bond acceptors (Lipinski definition) is 5. The van der Waals surface area contributed by atoms with Crippen molar-refractivity contribution in [3.05, 3.63) is 126 Å². The number of anilines is 2. The summed E-state index contributed by atoms with van der Waals surface area (Å²) in [6.07, 6.45) is -1.14. The van der Waals surface area contributed by atoms with Crippen LogP contribution in [-0.4, -0.2) is 25.0 Å². The summed E-state index contributed by atoms with van der Waals surface area (Å²) in [6.45, 7) is 0. The number of hydroxylamine groups is 1. The Labute approximate surface area is 213 Å². The number of halogens is 1. The first-order valence-corrected chi connectivity index (χ1v) is 11.9. The van der Waals surface area contributed by atoms with Crippen molar-refractivity contribution in [2.75, 3.05) is 17.1 Å². The second-order valence-electron chi connectivity index (χ2n) is 9.01. The van der Waals surface area contributed by atoms with E-state index in [0.29, 0.717) is 22.7 Å². The Bertz CT molecular complexity index is 1440. The molecule has 0 bridgehead atoms. The minimum absolute atomic E-state index is 0.296. The van der Waals surface area contributed by atoms with Gasteiger partial charge < -0.3 is 4.74 Å². The molecule has 2 saturated heterocycles. The van der Waals surface area contributed by atoms with Crippen LogP contribution in [-0.2, 0) is 19.8 Å². The van der Waals surface area contributed by atoms with E-state index in [9.17, 15) is 14.0 Å². The van der Waals surface area contributed by atoms with Crippen LogP contribution in [0.3, 0.4) is 0 Å². The van der Waals surface area contributed by atoms with Crippen LogP contribution in [0, 0.1) is 5.82 Å². The lowest BCUT2D eigenvalue weighted by atomic mass is 9.69. The van der Waals surface area contributed by atoms with E-state index in [1.54, 1.807) is 12.2 Å². The number of imide groups is 1. The molecule has 0 N–H and O–H groups in total. The van der Waals surface area contributed by atoms with Gasteiger partial charge in [-0.2, -0.15) is 0 Å².